The van der Waals surface area contributed by atoms with Crippen molar-refractivity contribution in [2.75, 3.05) is 12.5 Å². The van der Waals surface area contributed by atoms with Gasteiger partial charge in [-0.3, -0.25) is 9.36 Å². The van der Waals surface area contributed by atoms with Crippen molar-refractivity contribution in [1.82, 2.24) is 14.8 Å². The molecule has 0 saturated heterocycles. The molecule has 0 N–H and O–H groups in total. The van der Waals surface area contributed by atoms with Gasteiger partial charge in [0, 0.05) is 22.7 Å². The van der Waals surface area contributed by atoms with E-state index in [-0.39, 0.29) is 18.3 Å². The van der Waals surface area contributed by atoms with Crippen LogP contribution in [0, 0.1) is 0 Å². The minimum absolute atomic E-state index is 0.0236. The summed E-state index contributed by atoms with van der Waals surface area (Å²) in [5.74, 6) is 2.16. The first-order valence-electron chi connectivity index (χ1n) is 8.51. The summed E-state index contributed by atoms with van der Waals surface area (Å²) in [6.45, 7) is 4.52. The number of allylic oxidation sites excluding steroid dienone is 1. The zero-order chi connectivity index (χ0) is 19.5. The fourth-order valence-corrected chi connectivity index (χ4v) is 3.75. The highest BCUT2D eigenvalue weighted by Crippen LogP contribution is 2.33. The van der Waals surface area contributed by atoms with E-state index < -0.39 is 0 Å². The number of carbonyl (C=O) groups excluding carboxylic acids is 1. The van der Waals surface area contributed by atoms with Crippen LogP contribution in [0.3, 0.4) is 0 Å². The van der Waals surface area contributed by atoms with Gasteiger partial charge in [-0.15, -0.1) is 16.8 Å². The van der Waals surface area contributed by atoms with Gasteiger partial charge in [0.25, 0.3) is 0 Å². The molecule has 1 aromatic heterocycles. The molecule has 2 aromatic carbocycles. The molecule has 1 aliphatic rings. The van der Waals surface area contributed by atoms with Crippen molar-refractivity contribution >= 4 is 29.1 Å². The van der Waals surface area contributed by atoms with E-state index in [1.807, 2.05) is 16.7 Å². The van der Waals surface area contributed by atoms with Crippen LogP contribution < -0.4 is 9.47 Å². The average Bonchev–Trinajstić information content (AvgIpc) is 3.33. The van der Waals surface area contributed by atoms with Gasteiger partial charge in [0.2, 0.25) is 6.79 Å². The summed E-state index contributed by atoms with van der Waals surface area (Å²) >= 11 is 7.30. The lowest BCUT2D eigenvalue weighted by molar-refractivity contribution is 0.102. The predicted octanol–water partition coefficient (Wildman–Crippen LogP) is 4.49. The van der Waals surface area contributed by atoms with E-state index in [0.717, 1.165) is 5.56 Å². The molecule has 0 radical (unpaired) electrons. The second kappa shape index (κ2) is 8.08. The van der Waals surface area contributed by atoms with Crippen LogP contribution in [0.4, 0.5) is 0 Å². The SMILES string of the molecule is C=CCn1c(SCC(=O)c2ccc3c(c2)OCO3)nnc1-c1ccc(Cl)cc1. The molecule has 6 nitrogen and oxygen atoms in total. The van der Waals surface area contributed by atoms with Crippen LogP contribution in [0.2, 0.25) is 5.02 Å². The molecular weight excluding hydrogens is 398 g/mol. The highest BCUT2D eigenvalue weighted by molar-refractivity contribution is 7.99. The van der Waals surface area contributed by atoms with Crippen LogP contribution in [0.15, 0.2) is 60.3 Å². The summed E-state index contributed by atoms with van der Waals surface area (Å²) in [7, 11) is 0. The quantitative estimate of drug-likeness (QED) is 0.323. The lowest BCUT2D eigenvalue weighted by Gasteiger charge is -2.08. The van der Waals surface area contributed by atoms with Crippen LogP contribution in [0.1, 0.15) is 10.4 Å². The Balaban J connectivity index is 1.52. The van der Waals surface area contributed by atoms with Crippen LogP contribution in [0.5, 0.6) is 11.5 Å². The van der Waals surface area contributed by atoms with Crippen molar-refractivity contribution in [2.24, 2.45) is 0 Å². The Kier molecular flexibility index (Phi) is 5.36. The maximum absolute atomic E-state index is 12.6. The van der Waals surface area contributed by atoms with Gasteiger partial charge in [-0.05, 0) is 42.5 Å². The van der Waals surface area contributed by atoms with E-state index in [0.29, 0.717) is 39.6 Å². The van der Waals surface area contributed by atoms with Crippen molar-refractivity contribution in [2.45, 2.75) is 11.7 Å². The van der Waals surface area contributed by atoms with Crippen LogP contribution in [-0.2, 0) is 6.54 Å². The van der Waals surface area contributed by atoms with Gasteiger partial charge in [0.15, 0.2) is 28.3 Å². The zero-order valence-corrected chi connectivity index (χ0v) is 16.4. The number of hydrogen-bond donors (Lipinski definition) is 0. The number of carbonyl (C=O) groups is 1. The summed E-state index contributed by atoms with van der Waals surface area (Å²) in [5.41, 5.74) is 1.47. The third-order valence-corrected chi connectivity index (χ3v) is 5.38. The lowest BCUT2D eigenvalue weighted by atomic mass is 10.1. The van der Waals surface area contributed by atoms with Crippen molar-refractivity contribution in [3.63, 3.8) is 0 Å². The number of benzene rings is 2. The van der Waals surface area contributed by atoms with Crippen molar-refractivity contribution in [3.05, 3.63) is 65.7 Å². The first-order valence-corrected chi connectivity index (χ1v) is 9.88. The fraction of sp³-hybridized carbons (Fsp3) is 0.150. The monoisotopic (exact) mass is 413 g/mol. The number of ether oxygens (including phenoxy) is 2. The van der Waals surface area contributed by atoms with E-state index in [1.54, 1.807) is 36.4 Å². The van der Waals surface area contributed by atoms with Gasteiger partial charge in [-0.25, -0.2) is 0 Å². The predicted molar refractivity (Wildman–Crippen MR) is 108 cm³/mol. The molecule has 0 aliphatic carbocycles. The van der Waals surface area contributed by atoms with Gasteiger partial charge in [-0.1, -0.05) is 29.4 Å². The molecule has 142 valence electrons. The van der Waals surface area contributed by atoms with Crippen LogP contribution in [0.25, 0.3) is 11.4 Å². The summed E-state index contributed by atoms with van der Waals surface area (Å²) < 4.78 is 12.5. The highest BCUT2D eigenvalue weighted by Gasteiger charge is 2.18. The summed E-state index contributed by atoms with van der Waals surface area (Å²) in [5, 5.41) is 9.85. The van der Waals surface area contributed by atoms with E-state index in [4.69, 9.17) is 21.1 Å². The molecule has 0 atom stereocenters. The van der Waals surface area contributed by atoms with Crippen molar-refractivity contribution < 1.29 is 14.3 Å². The summed E-state index contributed by atoms with van der Waals surface area (Å²) in [4.78, 5) is 12.6. The molecule has 0 bridgehead atoms. The Morgan fingerprint density at radius 3 is 2.75 bits per heavy atom. The molecular formula is C20H16ClN3O3S. The zero-order valence-electron chi connectivity index (χ0n) is 14.8. The molecule has 3 aromatic rings. The minimum Gasteiger partial charge on any atom is -0.454 e. The second-order valence-corrected chi connectivity index (χ2v) is 7.37. The topological polar surface area (TPSA) is 66.2 Å². The molecule has 0 saturated carbocycles. The average molecular weight is 414 g/mol. The molecule has 0 spiro atoms. The summed E-state index contributed by atoms with van der Waals surface area (Å²) in [6, 6.07) is 12.6. The Labute approximate surface area is 171 Å². The Bertz CT molecular complexity index is 1030. The number of halogens is 1. The molecule has 0 amide bonds. The van der Waals surface area contributed by atoms with Crippen LogP contribution in [-0.4, -0.2) is 33.1 Å². The van der Waals surface area contributed by atoms with Gasteiger partial charge in [0.05, 0.1) is 5.75 Å². The number of aromatic nitrogens is 3. The van der Waals surface area contributed by atoms with Crippen molar-refractivity contribution in [3.8, 4) is 22.9 Å². The Morgan fingerprint density at radius 1 is 1.18 bits per heavy atom. The highest BCUT2D eigenvalue weighted by atomic mass is 35.5. The standard InChI is InChI=1S/C20H16ClN3O3S/c1-2-9-24-19(13-3-6-15(21)7-4-13)22-23-20(24)28-11-16(25)14-5-8-17-18(10-14)27-12-26-17/h2-8,10H,1,9,11-12H2. The normalized spacial score (nSPS) is 12.2. The smallest absolute Gasteiger partial charge is 0.231 e. The van der Waals surface area contributed by atoms with Gasteiger partial charge < -0.3 is 9.47 Å². The fourth-order valence-electron chi connectivity index (χ4n) is 2.79. The molecule has 28 heavy (non-hydrogen) atoms. The van der Waals surface area contributed by atoms with Gasteiger partial charge in [-0.2, -0.15) is 0 Å². The number of hydrogen-bond acceptors (Lipinski definition) is 6. The van der Waals surface area contributed by atoms with E-state index in [9.17, 15) is 4.79 Å². The lowest BCUT2D eigenvalue weighted by Crippen LogP contribution is -2.05. The van der Waals surface area contributed by atoms with E-state index in [1.165, 1.54) is 11.8 Å². The van der Waals surface area contributed by atoms with E-state index in [2.05, 4.69) is 16.8 Å². The molecule has 0 unspecified atom stereocenters. The number of ketones is 1. The van der Waals surface area contributed by atoms with Gasteiger partial charge in [0.1, 0.15) is 0 Å². The first-order chi connectivity index (χ1) is 13.7. The third-order valence-electron chi connectivity index (χ3n) is 4.16. The number of fused-ring (bicyclic) bond motifs is 1. The van der Waals surface area contributed by atoms with Crippen LogP contribution >= 0.6 is 23.4 Å². The number of thioether (sulfide) groups is 1. The molecule has 0 fully saturated rings. The Morgan fingerprint density at radius 2 is 1.96 bits per heavy atom. The molecule has 1 aliphatic heterocycles. The third kappa shape index (κ3) is 3.76. The second-order valence-electron chi connectivity index (χ2n) is 5.99. The van der Waals surface area contributed by atoms with Crippen molar-refractivity contribution in [1.29, 1.82) is 0 Å². The maximum Gasteiger partial charge on any atom is 0.231 e. The maximum atomic E-state index is 12.6. The number of rotatable bonds is 7. The number of Topliss-reactive ketones (excluding diaryl/α,β-unsaturated/α-hetero) is 1. The first kappa shape index (κ1) is 18.6. The minimum atomic E-state index is -0.0236. The Hall–Kier alpha value is -2.77. The summed E-state index contributed by atoms with van der Waals surface area (Å²) in [6.07, 6.45) is 1.77. The van der Waals surface area contributed by atoms with E-state index >= 15 is 0 Å². The molecule has 8 heteroatoms. The largest absolute Gasteiger partial charge is 0.454 e. The molecule has 4 rings (SSSR count). The molecule has 2 heterocycles. The van der Waals surface area contributed by atoms with Gasteiger partial charge >= 0.3 is 0 Å². The number of nitrogens with zero attached hydrogens (tertiary/aromatic N) is 3.